The Balaban J connectivity index is 1.97. The van der Waals surface area contributed by atoms with Gasteiger partial charge in [0.1, 0.15) is 5.75 Å². The second kappa shape index (κ2) is 9.20. The summed E-state index contributed by atoms with van der Waals surface area (Å²) in [7, 11) is 2.84. The van der Waals surface area contributed by atoms with E-state index in [1.807, 2.05) is 0 Å². The molecular weight excluding hydrogens is 377 g/mol. The van der Waals surface area contributed by atoms with Crippen molar-refractivity contribution in [3.63, 3.8) is 0 Å². The summed E-state index contributed by atoms with van der Waals surface area (Å²) in [4.78, 5) is 12.2. The van der Waals surface area contributed by atoms with Crippen LogP contribution in [0.4, 0.5) is 24.5 Å². The minimum absolute atomic E-state index is 0.0165. The van der Waals surface area contributed by atoms with Crippen molar-refractivity contribution in [2.24, 2.45) is 0 Å². The third-order valence-corrected chi connectivity index (χ3v) is 3.79. The molecule has 0 bridgehead atoms. The predicted molar refractivity (Wildman–Crippen MR) is 98.9 cm³/mol. The van der Waals surface area contributed by atoms with Gasteiger partial charge in [-0.1, -0.05) is 6.07 Å². The number of carbonyl (C=O) groups is 1. The number of rotatable bonds is 8. The van der Waals surface area contributed by atoms with Crippen LogP contribution in [-0.2, 0) is 11.2 Å². The number of carbonyl (C=O) groups excluding carboxylic acids is 1. The van der Waals surface area contributed by atoms with Crippen LogP contribution in [-0.4, -0.2) is 32.9 Å². The van der Waals surface area contributed by atoms with Crippen molar-refractivity contribution >= 4 is 17.3 Å². The van der Waals surface area contributed by atoms with Gasteiger partial charge in [-0.25, -0.2) is 0 Å². The number of methoxy groups -OCH3 is 2. The zero-order valence-corrected chi connectivity index (χ0v) is 15.4. The molecule has 0 aliphatic carbocycles. The highest BCUT2D eigenvalue weighted by Gasteiger charge is 2.29. The van der Waals surface area contributed by atoms with Crippen molar-refractivity contribution in [1.82, 2.24) is 0 Å². The van der Waals surface area contributed by atoms with Gasteiger partial charge in [-0.3, -0.25) is 4.79 Å². The number of halogens is 3. The standard InChI is InChI=1S/C19H21F3N2O4/c1-26-13-5-6-14(23)15(10-13)24-18(25)8-4-12-3-7-16(17(9-12)27-2)28-11-19(20,21)22/h3,5-7,9-10H,4,8,11,23H2,1-2H3,(H,24,25). The van der Waals surface area contributed by atoms with Gasteiger partial charge in [-0.2, -0.15) is 13.2 Å². The number of alkyl halides is 3. The number of nitrogens with one attached hydrogen (secondary N) is 1. The topological polar surface area (TPSA) is 82.8 Å². The maximum Gasteiger partial charge on any atom is 0.422 e. The van der Waals surface area contributed by atoms with Crippen LogP contribution in [0.5, 0.6) is 17.2 Å². The molecule has 0 heterocycles. The van der Waals surface area contributed by atoms with Gasteiger partial charge in [-0.05, 0) is 36.2 Å². The number of nitrogen functional groups attached to an aromatic ring is 1. The average Bonchev–Trinajstić information content (AvgIpc) is 2.66. The zero-order valence-electron chi connectivity index (χ0n) is 15.4. The highest BCUT2D eigenvalue weighted by molar-refractivity contribution is 5.94. The van der Waals surface area contributed by atoms with Crippen molar-refractivity contribution in [3.8, 4) is 17.2 Å². The second-order valence-corrected chi connectivity index (χ2v) is 5.89. The van der Waals surface area contributed by atoms with Gasteiger partial charge in [0.05, 0.1) is 25.6 Å². The quantitative estimate of drug-likeness (QED) is 0.661. The number of anilines is 2. The molecule has 0 saturated heterocycles. The van der Waals surface area contributed by atoms with E-state index < -0.39 is 12.8 Å². The number of ether oxygens (including phenoxy) is 3. The van der Waals surface area contributed by atoms with Gasteiger partial charge in [0.15, 0.2) is 18.1 Å². The van der Waals surface area contributed by atoms with Gasteiger partial charge < -0.3 is 25.3 Å². The lowest BCUT2D eigenvalue weighted by Crippen LogP contribution is -2.19. The van der Waals surface area contributed by atoms with Crippen molar-refractivity contribution in [2.75, 3.05) is 31.9 Å². The number of hydrogen-bond donors (Lipinski definition) is 2. The normalized spacial score (nSPS) is 11.0. The van der Waals surface area contributed by atoms with Crippen LogP contribution in [0.3, 0.4) is 0 Å². The Labute approximate surface area is 160 Å². The summed E-state index contributed by atoms with van der Waals surface area (Å²) in [6.07, 6.45) is -3.95. The number of amides is 1. The first-order valence-corrected chi connectivity index (χ1v) is 8.31. The first-order chi connectivity index (χ1) is 13.2. The molecule has 2 aromatic carbocycles. The molecule has 0 radical (unpaired) electrons. The molecule has 0 saturated carbocycles. The van der Waals surface area contributed by atoms with Crippen LogP contribution in [0.25, 0.3) is 0 Å². The van der Waals surface area contributed by atoms with Crippen molar-refractivity contribution in [3.05, 3.63) is 42.0 Å². The lowest BCUT2D eigenvalue weighted by atomic mass is 10.1. The third-order valence-electron chi connectivity index (χ3n) is 3.79. The maximum absolute atomic E-state index is 12.3. The number of aryl methyl sites for hydroxylation is 1. The zero-order chi connectivity index (χ0) is 20.7. The van der Waals surface area contributed by atoms with Gasteiger partial charge in [0.2, 0.25) is 5.91 Å². The number of hydrogen-bond acceptors (Lipinski definition) is 5. The molecule has 28 heavy (non-hydrogen) atoms. The van der Waals surface area contributed by atoms with Crippen LogP contribution in [0.15, 0.2) is 36.4 Å². The SMILES string of the molecule is COc1ccc(N)c(NC(=O)CCc2ccc(OCC(F)(F)F)c(OC)c2)c1. The Hall–Kier alpha value is -3.10. The largest absolute Gasteiger partial charge is 0.497 e. The van der Waals surface area contributed by atoms with Crippen molar-refractivity contribution in [2.45, 2.75) is 19.0 Å². The van der Waals surface area contributed by atoms with E-state index in [-0.39, 0.29) is 23.8 Å². The fourth-order valence-electron chi connectivity index (χ4n) is 2.39. The Morgan fingerprint density at radius 3 is 2.46 bits per heavy atom. The smallest absolute Gasteiger partial charge is 0.422 e. The van der Waals surface area contributed by atoms with Crippen LogP contribution in [0.1, 0.15) is 12.0 Å². The Morgan fingerprint density at radius 1 is 1.07 bits per heavy atom. The number of benzene rings is 2. The Morgan fingerprint density at radius 2 is 1.82 bits per heavy atom. The van der Waals surface area contributed by atoms with Gasteiger partial charge in [0.25, 0.3) is 0 Å². The molecule has 0 fully saturated rings. The Kier molecular flexibility index (Phi) is 6.97. The van der Waals surface area contributed by atoms with E-state index >= 15 is 0 Å². The van der Waals surface area contributed by atoms with E-state index in [0.29, 0.717) is 29.1 Å². The first-order valence-electron chi connectivity index (χ1n) is 8.31. The molecule has 9 heteroatoms. The van der Waals surface area contributed by atoms with Gasteiger partial charge in [0, 0.05) is 12.5 Å². The molecule has 0 spiro atoms. The van der Waals surface area contributed by atoms with Crippen LogP contribution in [0.2, 0.25) is 0 Å². The molecule has 0 aliphatic heterocycles. The summed E-state index contributed by atoms with van der Waals surface area (Å²) in [6.45, 7) is -1.41. The molecule has 1 amide bonds. The van der Waals surface area contributed by atoms with Crippen molar-refractivity contribution in [1.29, 1.82) is 0 Å². The number of nitrogens with two attached hydrogens (primary N) is 1. The highest BCUT2D eigenvalue weighted by atomic mass is 19.4. The molecule has 0 unspecified atom stereocenters. The molecule has 3 N–H and O–H groups in total. The summed E-state index contributed by atoms with van der Waals surface area (Å²) in [5.41, 5.74) is 7.39. The van der Waals surface area contributed by atoms with E-state index in [2.05, 4.69) is 5.32 Å². The lowest BCUT2D eigenvalue weighted by molar-refractivity contribution is -0.153. The van der Waals surface area contributed by atoms with E-state index in [9.17, 15) is 18.0 Å². The third kappa shape index (κ3) is 6.26. The summed E-state index contributed by atoms with van der Waals surface area (Å²) in [5, 5.41) is 2.71. The first kappa shape index (κ1) is 21.2. The Bertz CT molecular complexity index is 825. The average molecular weight is 398 g/mol. The molecule has 2 rings (SSSR count). The fourth-order valence-corrected chi connectivity index (χ4v) is 2.39. The molecule has 152 valence electrons. The van der Waals surface area contributed by atoms with Crippen LogP contribution >= 0.6 is 0 Å². The van der Waals surface area contributed by atoms with E-state index in [4.69, 9.17) is 19.9 Å². The van der Waals surface area contributed by atoms with Gasteiger partial charge in [-0.15, -0.1) is 0 Å². The monoisotopic (exact) mass is 398 g/mol. The predicted octanol–water partition coefficient (Wildman–Crippen LogP) is 3.80. The second-order valence-electron chi connectivity index (χ2n) is 5.89. The highest BCUT2D eigenvalue weighted by Crippen LogP contribution is 2.30. The van der Waals surface area contributed by atoms with Crippen LogP contribution < -0.4 is 25.3 Å². The van der Waals surface area contributed by atoms with Gasteiger partial charge >= 0.3 is 6.18 Å². The minimum atomic E-state index is -4.44. The summed E-state index contributed by atoms with van der Waals surface area (Å²) < 4.78 is 51.8. The van der Waals surface area contributed by atoms with E-state index in [1.165, 1.54) is 20.3 Å². The molecule has 0 aliphatic rings. The molecule has 2 aromatic rings. The summed E-state index contributed by atoms with van der Waals surface area (Å²) >= 11 is 0. The molecular formula is C19H21F3N2O4. The summed E-state index contributed by atoms with van der Waals surface area (Å²) in [5.74, 6) is 0.441. The van der Waals surface area contributed by atoms with Crippen LogP contribution in [0, 0.1) is 0 Å². The summed E-state index contributed by atoms with van der Waals surface area (Å²) in [6, 6.07) is 9.43. The van der Waals surface area contributed by atoms with Crippen molar-refractivity contribution < 1.29 is 32.2 Å². The molecule has 6 nitrogen and oxygen atoms in total. The maximum atomic E-state index is 12.3. The van der Waals surface area contributed by atoms with E-state index in [0.717, 1.165) is 0 Å². The minimum Gasteiger partial charge on any atom is -0.497 e. The van der Waals surface area contributed by atoms with E-state index in [1.54, 1.807) is 30.3 Å². The molecule has 0 aromatic heterocycles. The fraction of sp³-hybridized carbons (Fsp3) is 0.316. The lowest BCUT2D eigenvalue weighted by Gasteiger charge is -2.14. The molecule has 0 atom stereocenters.